The van der Waals surface area contributed by atoms with Crippen molar-refractivity contribution in [1.82, 2.24) is 5.32 Å². The number of nitrogens with zero attached hydrogens (tertiary/aromatic N) is 1. The summed E-state index contributed by atoms with van der Waals surface area (Å²) in [4.78, 5) is 25.2. The highest BCUT2D eigenvalue weighted by molar-refractivity contribution is 7.99. The first-order valence-electron chi connectivity index (χ1n) is 7.12. The monoisotopic (exact) mass is 324 g/mol. The maximum absolute atomic E-state index is 11.7. The van der Waals surface area contributed by atoms with E-state index in [4.69, 9.17) is 4.74 Å². The Hall–Kier alpha value is -1.69. The molecule has 0 aliphatic heterocycles. The predicted octanol–water partition coefficient (Wildman–Crippen LogP) is 3.28. The van der Waals surface area contributed by atoms with Crippen molar-refractivity contribution >= 4 is 30.0 Å². The number of para-hydroxylation sites is 1. The highest BCUT2D eigenvalue weighted by Crippen LogP contribution is 2.29. The Morgan fingerprint density at radius 3 is 2.64 bits per heavy atom. The number of amides is 2. The van der Waals surface area contributed by atoms with Gasteiger partial charge in [0, 0.05) is 23.7 Å². The number of anilines is 1. The largest absolute Gasteiger partial charge is 0.444 e. The van der Waals surface area contributed by atoms with Crippen molar-refractivity contribution in [2.75, 3.05) is 17.7 Å². The fraction of sp³-hybridized carbons (Fsp3) is 0.500. The van der Waals surface area contributed by atoms with Gasteiger partial charge in [-0.3, -0.25) is 4.79 Å². The first-order chi connectivity index (χ1) is 10.2. The zero-order chi connectivity index (χ0) is 16.8. The molecule has 0 aromatic heterocycles. The summed E-state index contributed by atoms with van der Waals surface area (Å²) in [6.07, 6.45) is 0.362. The van der Waals surface area contributed by atoms with E-state index < -0.39 is 11.7 Å². The van der Waals surface area contributed by atoms with Crippen LogP contribution in [-0.4, -0.2) is 36.9 Å². The number of hydrogen-bond acceptors (Lipinski definition) is 4. The third kappa shape index (κ3) is 6.39. The normalized spacial score (nSPS) is 12.4. The first-order valence-corrected chi connectivity index (χ1v) is 8.11. The number of carbonyl (C=O) groups is 2. The van der Waals surface area contributed by atoms with E-state index in [1.807, 2.05) is 52.0 Å². The van der Waals surface area contributed by atoms with Crippen molar-refractivity contribution in [2.45, 2.75) is 44.2 Å². The Kier molecular flexibility index (Phi) is 6.74. The number of thioether (sulfide) groups is 1. The predicted molar refractivity (Wildman–Crippen MR) is 90.5 cm³/mol. The lowest BCUT2D eigenvalue weighted by Gasteiger charge is -2.22. The van der Waals surface area contributed by atoms with Gasteiger partial charge in [0.25, 0.3) is 0 Å². The molecule has 1 aromatic rings. The van der Waals surface area contributed by atoms with E-state index >= 15 is 0 Å². The smallest absolute Gasteiger partial charge is 0.407 e. The molecule has 0 radical (unpaired) electrons. The molecule has 2 amide bonds. The minimum absolute atomic E-state index is 0.0468. The number of carbonyl (C=O) groups excluding carboxylic acids is 2. The Morgan fingerprint density at radius 2 is 2.05 bits per heavy atom. The fourth-order valence-electron chi connectivity index (χ4n) is 1.69. The topological polar surface area (TPSA) is 58.6 Å². The van der Waals surface area contributed by atoms with Crippen LogP contribution >= 0.6 is 11.8 Å². The molecule has 22 heavy (non-hydrogen) atoms. The Labute approximate surface area is 136 Å². The van der Waals surface area contributed by atoms with Crippen LogP contribution in [0, 0.1) is 0 Å². The molecule has 0 bridgehead atoms. The van der Waals surface area contributed by atoms with Gasteiger partial charge in [-0.2, -0.15) is 0 Å². The lowest BCUT2D eigenvalue weighted by molar-refractivity contribution is -0.107. The Balaban J connectivity index is 2.56. The van der Waals surface area contributed by atoms with Crippen molar-refractivity contribution in [3.8, 4) is 0 Å². The average Bonchev–Trinajstić information content (AvgIpc) is 2.42. The van der Waals surface area contributed by atoms with E-state index in [1.165, 1.54) is 4.90 Å². The quantitative estimate of drug-likeness (QED) is 0.644. The molecule has 0 fully saturated rings. The van der Waals surface area contributed by atoms with Crippen LogP contribution < -0.4 is 10.2 Å². The molecule has 0 saturated heterocycles. The maximum atomic E-state index is 11.7. The van der Waals surface area contributed by atoms with Gasteiger partial charge in [0.05, 0.1) is 5.69 Å². The summed E-state index contributed by atoms with van der Waals surface area (Å²) < 4.78 is 5.23. The summed E-state index contributed by atoms with van der Waals surface area (Å²) in [5.41, 5.74) is 0.350. The van der Waals surface area contributed by atoms with Crippen molar-refractivity contribution < 1.29 is 14.3 Å². The fourth-order valence-corrected chi connectivity index (χ4v) is 2.74. The minimum atomic E-state index is -0.504. The highest BCUT2D eigenvalue weighted by atomic mass is 32.2. The highest BCUT2D eigenvalue weighted by Gasteiger charge is 2.18. The molecule has 1 rings (SSSR count). The number of hydrogen-bond donors (Lipinski definition) is 1. The zero-order valence-corrected chi connectivity index (χ0v) is 14.6. The van der Waals surface area contributed by atoms with Crippen molar-refractivity contribution in [3.63, 3.8) is 0 Å². The number of rotatable bonds is 6. The van der Waals surface area contributed by atoms with Gasteiger partial charge < -0.3 is 15.0 Å². The minimum Gasteiger partial charge on any atom is -0.444 e. The second-order valence-electron chi connectivity index (χ2n) is 6.04. The lowest BCUT2D eigenvalue weighted by atomic mass is 10.2. The number of alkyl carbamates (subject to hydrolysis) is 1. The van der Waals surface area contributed by atoms with Crippen molar-refractivity contribution in [3.05, 3.63) is 24.3 Å². The standard InChI is InChI=1S/C16H24N2O3S/c1-12(17-15(20)21-16(2,3)4)10-22-14-9-7-6-8-13(14)18(5)11-19/h6-9,11-12H,10H2,1-5H3,(H,17,20)/t12-/m1/s1. The van der Waals surface area contributed by atoms with Crippen molar-refractivity contribution in [1.29, 1.82) is 0 Å². The second-order valence-corrected chi connectivity index (χ2v) is 7.10. The van der Waals surface area contributed by atoms with Gasteiger partial charge in [0.1, 0.15) is 5.60 Å². The summed E-state index contributed by atoms with van der Waals surface area (Å²) in [6.45, 7) is 7.41. The Morgan fingerprint density at radius 1 is 1.41 bits per heavy atom. The van der Waals surface area contributed by atoms with Gasteiger partial charge >= 0.3 is 6.09 Å². The summed E-state index contributed by atoms with van der Waals surface area (Å²) in [6, 6.07) is 7.62. The average molecular weight is 324 g/mol. The summed E-state index contributed by atoms with van der Waals surface area (Å²) in [5.74, 6) is 0.683. The van der Waals surface area contributed by atoms with Crippen LogP contribution in [0.3, 0.4) is 0 Å². The molecular formula is C16H24N2O3S. The molecule has 122 valence electrons. The van der Waals surface area contributed by atoms with E-state index in [0.717, 1.165) is 17.0 Å². The molecule has 0 heterocycles. The van der Waals surface area contributed by atoms with E-state index in [0.29, 0.717) is 5.75 Å². The molecule has 0 saturated carbocycles. The molecule has 1 atom stereocenters. The third-order valence-electron chi connectivity index (χ3n) is 2.66. The van der Waals surface area contributed by atoms with Gasteiger partial charge in [-0.15, -0.1) is 11.8 Å². The van der Waals surface area contributed by atoms with E-state index in [9.17, 15) is 9.59 Å². The molecule has 1 N–H and O–H groups in total. The molecule has 0 aliphatic carbocycles. The molecule has 5 nitrogen and oxygen atoms in total. The summed E-state index contributed by atoms with van der Waals surface area (Å²) in [7, 11) is 1.72. The number of ether oxygens (including phenoxy) is 1. The zero-order valence-electron chi connectivity index (χ0n) is 13.8. The van der Waals surface area contributed by atoms with Gasteiger partial charge in [0.2, 0.25) is 6.41 Å². The van der Waals surface area contributed by atoms with Crippen LogP contribution in [0.2, 0.25) is 0 Å². The van der Waals surface area contributed by atoms with Crippen LogP contribution in [0.25, 0.3) is 0 Å². The van der Waals surface area contributed by atoms with Crippen LogP contribution in [0.1, 0.15) is 27.7 Å². The van der Waals surface area contributed by atoms with Crippen LogP contribution in [0.4, 0.5) is 10.5 Å². The van der Waals surface area contributed by atoms with Crippen LogP contribution in [-0.2, 0) is 9.53 Å². The van der Waals surface area contributed by atoms with Gasteiger partial charge in [0.15, 0.2) is 0 Å². The molecule has 0 aliphatic rings. The van der Waals surface area contributed by atoms with Crippen LogP contribution in [0.5, 0.6) is 0 Å². The second kappa shape index (κ2) is 8.08. The van der Waals surface area contributed by atoms with Gasteiger partial charge in [-0.1, -0.05) is 12.1 Å². The number of nitrogens with one attached hydrogen (secondary N) is 1. The van der Waals surface area contributed by atoms with Crippen molar-refractivity contribution in [2.24, 2.45) is 0 Å². The first kappa shape index (κ1) is 18.4. The van der Waals surface area contributed by atoms with E-state index in [-0.39, 0.29) is 6.04 Å². The van der Waals surface area contributed by atoms with Gasteiger partial charge in [-0.25, -0.2) is 4.79 Å². The van der Waals surface area contributed by atoms with Crippen LogP contribution in [0.15, 0.2) is 29.2 Å². The molecule has 6 heteroatoms. The van der Waals surface area contributed by atoms with Gasteiger partial charge in [-0.05, 0) is 39.8 Å². The summed E-state index contributed by atoms with van der Waals surface area (Å²) >= 11 is 1.59. The molecule has 0 unspecified atom stereocenters. The van der Waals surface area contributed by atoms with E-state index in [2.05, 4.69) is 5.32 Å². The Bertz CT molecular complexity index is 514. The summed E-state index contributed by atoms with van der Waals surface area (Å²) in [5, 5.41) is 2.80. The SMILES string of the molecule is C[C@H](CSc1ccccc1N(C)C=O)NC(=O)OC(C)(C)C. The molecule has 1 aromatic carbocycles. The molecule has 0 spiro atoms. The lowest BCUT2D eigenvalue weighted by Crippen LogP contribution is -2.38. The maximum Gasteiger partial charge on any atom is 0.407 e. The number of benzene rings is 1. The van der Waals surface area contributed by atoms with E-state index in [1.54, 1.807) is 18.8 Å². The molecular weight excluding hydrogens is 300 g/mol. The third-order valence-corrected chi connectivity index (χ3v) is 3.98.